The van der Waals surface area contributed by atoms with Gasteiger partial charge in [0.15, 0.2) is 5.60 Å². The SMILES string of the molecule is CC(C)(C)OC(=O)C12CC(Oc3ccnc(N)n3)(CO1)C2. The standard InChI is InChI=1S/C14H19N3O4/c1-12(2,3)21-10(18)14-6-13(7-14,8-19-14)20-9-4-5-16-11(15)17-9/h4-5H,6-8H2,1-3H3,(H2,15,16,17). The van der Waals surface area contributed by atoms with Gasteiger partial charge < -0.3 is 19.9 Å². The monoisotopic (exact) mass is 293 g/mol. The van der Waals surface area contributed by atoms with Crippen LogP contribution < -0.4 is 10.5 Å². The molecule has 0 aromatic carbocycles. The first-order valence-corrected chi connectivity index (χ1v) is 6.87. The highest BCUT2D eigenvalue weighted by molar-refractivity contribution is 5.83. The van der Waals surface area contributed by atoms with Crippen molar-refractivity contribution in [1.82, 2.24) is 9.97 Å². The van der Waals surface area contributed by atoms with Crippen LogP contribution in [-0.2, 0) is 14.3 Å². The second-order valence-electron chi connectivity index (χ2n) is 6.68. The lowest BCUT2D eigenvalue weighted by Gasteiger charge is -2.42. The first kappa shape index (κ1) is 14.1. The highest BCUT2D eigenvalue weighted by atomic mass is 16.6. The molecule has 0 radical (unpaired) electrons. The number of nitrogens with two attached hydrogens (primary N) is 1. The third-order valence-corrected chi connectivity index (χ3v) is 3.57. The average Bonchev–Trinajstić information content (AvgIpc) is 2.82. The Kier molecular flexibility index (Phi) is 2.88. The van der Waals surface area contributed by atoms with Gasteiger partial charge in [-0.3, -0.25) is 0 Å². The van der Waals surface area contributed by atoms with Gasteiger partial charge in [-0.05, 0) is 20.8 Å². The molecule has 3 aliphatic rings. The van der Waals surface area contributed by atoms with Gasteiger partial charge in [0.25, 0.3) is 0 Å². The molecule has 1 saturated carbocycles. The lowest BCUT2D eigenvalue weighted by atomic mass is 9.70. The predicted octanol–water partition coefficient (Wildman–Crippen LogP) is 1.08. The van der Waals surface area contributed by atoms with E-state index in [0.29, 0.717) is 25.3 Å². The van der Waals surface area contributed by atoms with E-state index >= 15 is 0 Å². The van der Waals surface area contributed by atoms with Crippen LogP contribution in [0.4, 0.5) is 5.95 Å². The van der Waals surface area contributed by atoms with Crippen LogP contribution in [0.15, 0.2) is 12.3 Å². The van der Waals surface area contributed by atoms with Gasteiger partial charge in [0.1, 0.15) is 11.2 Å². The molecule has 2 aliphatic heterocycles. The molecule has 2 bridgehead atoms. The number of anilines is 1. The molecule has 2 N–H and O–H groups in total. The number of esters is 1. The Morgan fingerprint density at radius 3 is 2.76 bits per heavy atom. The molecule has 0 amide bonds. The second kappa shape index (κ2) is 4.30. The van der Waals surface area contributed by atoms with Crippen molar-refractivity contribution in [2.24, 2.45) is 0 Å². The number of fused-ring (bicyclic) bond motifs is 1. The number of carbonyl (C=O) groups excluding carboxylic acids is 1. The summed E-state index contributed by atoms with van der Waals surface area (Å²) >= 11 is 0. The van der Waals surface area contributed by atoms with Crippen molar-refractivity contribution >= 4 is 11.9 Å². The summed E-state index contributed by atoms with van der Waals surface area (Å²) in [5.41, 5.74) is 3.61. The maximum atomic E-state index is 12.2. The number of nitrogen functional groups attached to an aromatic ring is 1. The highest BCUT2D eigenvalue weighted by Gasteiger charge is 2.70. The molecule has 21 heavy (non-hydrogen) atoms. The molecule has 114 valence electrons. The smallest absolute Gasteiger partial charge is 0.339 e. The Bertz CT molecular complexity index is 576. The molecule has 4 rings (SSSR count). The predicted molar refractivity (Wildman–Crippen MR) is 73.6 cm³/mol. The number of ether oxygens (including phenoxy) is 3. The molecule has 1 aromatic heterocycles. The number of hydrogen-bond acceptors (Lipinski definition) is 7. The Morgan fingerprint density at radius 2 is 2.14 bits per heavy atom. The first-order valence-electron chi connectivity index (χ1n) is 6.87. The van der Waals surface area contributed by atoms with E-state index in [4.69, 9.17) is 19.9 Å². The van der Waals surface area contributed by atoms with Crippen molar-refractivity contribution in [1.29, 1.82) is 0 Å². The molecule has 1 aromatic rings. The molecule has 7 nitrogen and oxygen atoms in total. The van der Waals surface area contributed by atoms with Gasteiger partial charge in [-0.2, -0.15) is 4.98 Å². The molecule has 2 saturated heterocycles. The molecule has 0 spiro atoms. The quantitative estimate of drug-likeness (QED) is 0.833. The molecule has 0 unspecified atom stereocenters. The summed E-state index contributed by atoms with van der Waals surface area (Å²) in [4.78, 5) is 20.0. The minimum Gasteiger partial charge on any atom is -0.468 e. The van der Waals surface area contributed by atoms with Crippen LogP contribution in [0.3, 0.4) is 0 Å². The Balaban J connectivity index is 1.67. The zero-order valence-corrected chi connectivity index (χ0v) is 12.4. The summed E-state index contributed by atoms with van der Waals surface area (Å²) in [6.45, 7) is 5.85. The van der Waals surface area contributed by atoms with E-state index in [2.05, 4.69) is 9.97 Å². The van der Waals surface area contributed by atoms with Crippen LogP contribution in [0, 0.1) is 0 Å². The van der Waals surface area contributed by atoms with Crippen molar-refractivity contribution in [3.8, 4) is 5.88 Å². The number of hydrogen-bond donors (Lipinski definition) is 1. The van der Waals surface area contributed by atoms with Gasteiger partial charge in [0.2, 0.25) is 11.8 Å². The Morgan fingerprint density at radius 1 is 1.43 bits per heavy atom. The van der Waals surface area contributed by atoms with E-state index in [0.717, 1.165) is 0 Å². The fourth-order valence-electron chi connectivity index (χ4n) is 2.77. The Labute approximate surface area is 122 Å². The Hall–Kier alpha value is -1.89. The van der Waals surface area contributed by atoms with E-state index in [-0.39, 0.29) is 11.9 Å². The normalized spacial score (nSPS) is 30.6. The largest absolute Gasteiger partial charge is 0.468 e. The molecular weight excluding hydrogens is 274 g/mol. The molecule has 0 atom stereocenters. The minimum atomic E-state index is -0.869. The van der Waals surface area contributed by atoms with Crippen LogP contribution in [0.25, 0.3) is 0 Å². The zero-order chi connectivity index (χ0) is 15.3. The lowest BCUT2D eigenvalue weighted by molar-refractivity contribution is -0.185. The van der Waals surface area contributed by atoms with Gasteiger partial charge in [-0.25, -0.2) is 9.78 Å². The highest BCUT2D eigenvalue weighted by Crippen LogP contribution is 2.54. The maximum Gasteiger partial charge on any atom is 0.339 e. The van der Waals surface area contributed by atoms with Crippen molar-refractivity contribution in [2.75, 3.05) is 12.3 Å². The van der Waals surface area contributed by atoms with E-state index in [1.54, 1.807) is 6.07 Å². The third-order valence-electron chi connectivity index (χ3n) is 3.57. The molecule has 3 heterocycles. The summed E-state index contributed by atoms with van der Waals surface area (Å²) in [6, 6.07) is 1.64. The van der Waals surface area contributed by atoms with Gasteiger partial charge in [0, 0.05) is 25.1 Å². The van der Waals surface area contributed by atoms with Crippen LogP contribution in [-0.4, -0.2) is 39.3 Å². The second-order valence-corrected chi connectivity index (χ2v) is 6.68. The van der Waals surface area contributed by atoms with E-state index in [1.165, 1.54) is 6.20 Å². The van der Waals surface area contributed by atoms with Crippen molar-refractivity contribution in [3.63, 3.8) is 0 Å². The number of carbonyl (C=O) groups is 1. The van der Waals surface area contributed by atoms with Crippen LogP contribution in [0.1, 0.15) is 33.6 Å². The number of rotatable bonds is 3. The summed E-state index contributed by atoms with van der Waals surface area (Å²) < 4.78 is 16.9. The van der Waals surface area contributed by atoms with Crippen molar-refractivity contribution in [3.05, 3.63) is 12.3 Å². The van der Waals surface area contributed by atoms with Gasteiger partial charge in [-0.1, -0.05) is 0 Å². The average molecular weight is 293 g/mol. The topological polar surface area (TPSA) is 96.6 Å². The molecular formula is C14H19N3O4. The lowest BCUT2D eigenvalue weighted by Crippen LogP contribution is -2.58. The fraction of sp³-hybridized carbons (Fsp3) is 0.643. The van der Waals surface area contributed by atoms with Gasteiger partial charge in [0.05, 0.1) is 6.61 Å². The minimum absolute atomic E-state index is 0.153. The van der Waals surface area contributed by atoms with E-state index in [1.807, 2.05) is 20.8 Å². The first-order chi connectivity index (χ1) is 9.72. The van der Waals surface area contributed by atoms with Crippen LogP contribution in [0.2, 0.25) is 0 Å². The number of aromatic nitrogens is 2. The zero-order valence-electron chi connectivity index (χ0n) is 12.4. The van der Waals surface area contributed by atoms with Crippen LogP contribution >= 0.6 is 0 Å². The molecule has 7 heteroatoms. The summed E-state index contributed by atoms with van der Waals surface area (Å²) in [7, 11) is 0. The van der Waals surface area contributed by atoms with Crippen molar-refractivity contribution < 1.29 is 19.0 Å². The molecule has 1 aliphatic carbocycles. The van der Waals surface area contributed by atoms with E-state index in [9.17, 15) is 4.79 Å². The number of nitrogens with zero attached hydrogens (tertiary/aromatic N) is 2. The van der Waals surface area contributed by atoms with Gasteiger partial charge in [-0.15, -0.1) is 0 Å². The fourth-order valence-corrected chi connectivity index (χ4v) is 2.77. The summed E-state index contributed by atoms with van der Waals surface area (Å²) in [6.07, 6.45) is 2.47. The maximum absolute atomic E-state index is 12.2. The molecule has 3 fully saturated rings. The van der Waals surface area contributed by atoms with E-state index < -0.39 is 16.8 Å². The van der Waals surface area contributed by atoms with Gasteiger partial charge >= 0.3 is 5.97 Å². The summed E-state index contributed by atoms with van der Waals surface area (Å²) in [5.74, 6) is 0.222. The third kappa shape index (κ3) is 2.53. The summed E-state index contributed by atoms with van der Waals surface area (Å²) in [5, 5.41) is 0. The van der Waals surface area contributed by atoms with Crippen molar-refractivity contribution in [2.45, 2.75) is 50.4 Å². The van der Waals surface area contributed by atoms with Crippen LogP contribution in [0.5, 0.6) is 5.88 Å².